The van der Waals surface area contributed by atoms with Gasteiger partial charge < -0.3 is 10.6 Å². The molecular weight excluding hydrogens is 360 g/mol. The van der Waals surface area contributed by atoms with Crippen molar-refractivity contribution in [3.05, 3.63) is 84.2 Å². The van der Waals surface area contributed by atoms with Gasteiger partial charge in [0.1, 0.15) is 11.6 Å². The van der Waals surface area contributed by atoms with Gasteiger partial charge in [0.2, 0.25) is 5.91 Å². The van der Waals surface area contributed by atoms with Gasteiger partial charge in [-0.1, -0.05) is 12.1 Å². The van der Waals surface area contributed by atoms with Gasteiger partial charge in [-0.3, -0.25) is 9.78 Å². The van der Waals surface area contributed by atoms with Crippen LogP contribution in [0.1, 0.15) is 12.0 Å². The number of carbonyl (C=O) groups excluding carboxylic acids is 1. The molecule has 6 heteroatoms. The Hall–Kier alpha value is -3.28. The summed E-state index contributed by atoms with van der Waals surface area (Å²) in [6, 6.07) is 14.2. The first-order valence-corrected chi connectivity index (χ1v) is 9.00. The molecule has 0 fully saturated rings. The zero-order valence-electron chi connectivity index (χ0n) is 15.3. The highest BCUT2D eigenvalue weighted by Crippen LogP contribution is 2.24. The van der Waals surface area contributed by atoms with Gasteiger partial charge in [-0.2, -0.15) is 0 Å². The largest absolute Gasteiger partial charge is 0.368 e. The third kappa shape index (κ3) is 5.13. The minimum absolute atomic E-state index is 0.0623. The molecule has 0 aliphatic carbocycles. The molecule has 2 N–H and O–H groups in total. The van der Waals surface area contributed by atoms with Crippen LogP contribution in [0.2, 0.25) is 0 Å². The van der Waals surface area contributed by atoms with Crippen molar-refractivity contribution < 1.29 is 13.6 Å². The molecular formula is C22H21F2N3O. The van der Waals surface area contributed by atoms with Crippen LogP contribution >= 0.6 is 0 Å². The van der Waals surface area contributed by atoms with Gasteiger partial charge in [0.05, 0.1) is 6.54 Å². The van der Waals surface area contributed by atoms with Crippen LogP contribution in [0.5, 0.6) is 0 Å². The summed E-state index contributed by atoms with van der Waals surface area (Å²) >= 11 is 0. The Morgan fingerprint density at radius 2 is 1.61 bits per heavy atom. The fourth-order valence-electron chi connectivity index (χ4n) is 3.13. The lowest BCUT2D eigenvalue weighted by atomic mass is 9.99. The van der Waals surface area contributed by atoms with Crippen LogP contribution in [-0.2, 0) is 11.2 Å². The molecule has 3 rings (SSSR count). The summed E-state index contributed by atoms with van der Waals surface area (Å²) in [6.45, 7) is 0.645. The average Bonchev–Trinajstić information content (AvgIpc) is 2.69. The summed E-state index contributed by atoms with van der Waals surface area (Å²) in [5, 5.41) is 0. The second kappa shape index (κ2) is 9.08. The molecule has 1 heterocycles. The van der Waals surface area contributed by atoms with Crippen LogP contribution in [0.4, 0.5) is 14.5 Å². The molecule has 0 unspecified atom stereocenters. The summed E-state index contributed by atoms with van der Waals surface area (Å²) in [5.41, 5.74) is 9.04. The van der Waals surface area contributed by atoms with Gasteiger partial charge in [0, 0.05) is 30.2 Å². The molecule has 1 amide bonds. The number of hydrogen-bond donors (Lipinski definition) is 1. The standard InChI is InChI=1S/C22H21F2N3O/c23-18-5-3-17(4-6-18)21-14-26-12-11-16(21)2-1-13-27(15-22(25)28)20-9-7-19(24)8-10-20/h3-12,14H,1-2,13,15H2,(H2,25,28). The second-order valence-electron chi connectivity index (χ2n) is 6.51. The van der Waals surface area contributed by atoms with E-state index >= 15 is 0 Å². The summed E-state index contributed by atoms with van der Waals surface area (Å²) < 4.78 is 26.4. The fraction of sp³-hybridized carbons (Fsp3) is 0.182. The van der Waals surface area contributed by atoms with E-state index in [9.17, 15) is 13.6 Å². The summed E-state index contributed by atoms with van der Waals surface area (Å²) in [5.74, 6) is -1.06. The third-order valence-electron chi connectivity index (χ3n) is 4.48. The number of halogens is 2. The molecule has 1 aromatic heterocycles. The van der Waals surface area contributed by atoms with E-state index in [1.807, 2.05) is 11.0 Å². The molecule has 0 atom stereocenters. The molecule has 0 saturated carbocycles. The van der Waals surface area contributed by atoms with Crippen molar-refractivity contribution in [3.63, 3.8) is 0 Å². The number of benzene rings is 2. The van der Waals surface area contributed by atoms with Crippen LogP contribution in [0.15, 0.2) is 67.0 Å². The van der Waals surface area contributed by atoms with Crippen LogP contribution in [0.3, 0.4) is 0 Å². The van der Waals surface area contributed by atoms with Gasteiger partial charge >= 0.3 is 0 Å². The first-order valence-electron chi connectivity index (χ1n) is 9.00. The lowest BCUT2D eigenvalue weighted by molar-refractivity contribution is -0.116. The number of rotatable bonds is 8. The zero-order chi connectivity index (χ0) is 19.9. The third-order valence-corrected chi connectivity index (χ3v) is 4.48. The Bertz CT molecular complexity index is 927. The summed E-state index contributed by atoms with van der Waals surface area (Å²) in [6.07, 6.45) is 4.99. The lowest BCUT2D eigenvalue weighted by Crippen LogP contribution is -2.34. The number of pyridine rings is 1. The van der Waals surface area contributed by atoms with Crippen molar-refractivity contribution in [2.75, 3.05) is 18.0 Å². The molecule has 3 aromatic rings. The van der Waals surface area contributed by atoms with Gasteiger partial charge in [-0.25, -0.2) is 8.78 Å². The maximum Gasteiger partial charge on any atom is 0.236 e. The highest BCUT2D eigenvalue weighted by molar-refractivity contribution is 5.79. The Morgan fingerprint density at radius 3 is 2.25 bits per heavy atom. The van der Waals surface area contributed by atoms with Crippen molar-refractivity contribution in [3.8, 4) is 11.1 Å². The topological polar surface area (TPSA) is 59.2 Å². The first kappa shape index (κ1) is 19.5. The predicted octanol–water partition coefficient (Wildman–Crippen LogP) is 3.95. The van der Waals surface area contributed by atoms with Crippen molar-refractivity contribution in [1.29, 1.82) is 0 Å². The molecule has 0 aliphatic heterocycles. The van der Waals surface area contributed by atoms with Crippen molar-refractivity contribution in [1.82, 2.24) is 4.98 Å². The van der Waals surface area contributed by atoms with E-state index in [-0.39, 0.29) is 18.2 Å². The van der Waals surface area contributed by atoms with E-state index in [1.54, 1.807) is 36.7 Å². The van der Waals surface area contributed by atoms with Gasteiger partial charge in [0.25, 0.3) is 0 Å². The lowest BCUT2D eigenvalue weighted by Gasteiger charge is -2.23. The Morgan fingerprint density at radius 1 is 0.964 bits per heavy atom. The smallest absolute Gasteiger partial charge is 0.236 e. The highest BCUT2D eigenvalue weighted by Gasteiger charge is 2.11. The van der Waals surface area contributed by atoms with Crippen LogP contribution in [0.25, 0.3) is 11.1 Å². The number of aromatic nitrogens is 1. The van der Waals surface area contributed by atoms with E-state index in [4.69, 9.17) is 5.73 Å². The minimum Gasteiger partial charge on any atom is -0.368 e. The number of anilines is 1. The highest BCUT2D eigenvalue weighted by atomic mass is 19.1. The number of aryl methyl sites for hydroxylation is 1. The van der Waals surface area contributed by atoms with E-state index < -0.39 is 5.91 Å². The molecule has 144 valence electrons. The molecule has 2 aromatic carbocycles. The Kier molecular flexibility index (Phi) is 6.32. The zero-order valence-corrected chi connectivity index (χ0v) is 15.3. The molecule has 0 bridgehead atoms. The number of amides is 1. The second-order valence-corrected chi connectivity index (χ2v) is 6.51. The average molecular weight is 381 g/mol. The Labute approximate surface area is 162 Å². The van der Waals surface area contributed by atoms with Crippen LogP contribution in [-0.4, -0.2) is 24.0 Å². The Balaban J connectivity index is 1.71. The molecule has 4 nitrogen and oxygen atoms in total. The number of hydrogen-bond acceptors (Lipinski definition) is 3. The van der Waals surface area contributed by atoms with E-state index in [2.05, 4.69) is 4.98 Å². The van der Waals surface area contributed by atoms with E-state index in [0.29, 0.717) is 6.54 Å². The van der Waals surface area contributed by atoms with Crippen molar-refractivity contribution in [2.24, 2.45) is 5.73 Å². The van der Waals surface area contributed by atoms with Gasteiger partial charge in [-0.15, -0.1) is 0 Å². The maximum atomic E-state index is 13.2. The molecule has 0 spiro atoms. The van der Waals surface area contributed by atoms with Crippen molar-refractivity contribution >= 4 is 11.6 Å². The molecule has 0 radical (unpaired) electrons. The number of carbonyl (C=O) groups is 1. The monoisotopic (exact) mass is 381 g/mol. The van der Waals surface area contributed by atoms with Crippen LogP contribution < -0.4 is 10.6 Å². The molecule has 0 saturated heterocycles. The van der Waals surface area contributed by atoms with Crippen LogP contribution in [0, 0.1) is 11.6 Å². The van der Waals surface area contributed by atoms with Crippen molar-refractivity contribution in [2.45, 2.75) is 12.8 Å². The SMILES string of the molecule is NC(=O)CN(CCCc1ccncc1-c1ccc(F)cc1)c1ccc(F)cc1. The number of nitrogens with zero attached hydrogens (tertiary/aromatic N) is 2. The predicted molar refractivity (Wildman–Crippen MR) is 106 cm³/mol. The maximum absolute atomic E-state index is 13.2. The quantitative estimate of drug-likeness (QED) is 0.643. The normalized spacial score (nSPS) is 10.6. The minimum atomic E-state index is -0.444. The number of primary amides is 1. The fourth-order valence-corrected chi connectivity index (χ4v) is 3.13. The summed E-state index contributed by atoms with van der Waals surface area (Å²) in [7, 11) is 0. The van der Waals surface area contributed by atoms with E-state index in [1.165, 1.54) is 24.3 Å². The molecule has 0 aliphatic rings. The molecule has 28 heavy (non-hydrogen) atoms. The summed E-state index contributed by atoms with van der Waals surface area (Å²) in [4.78, 5) is 17.4. The van der Waals surface area contributed by atoms with E-state index in [0.717, 1.165) is 35.2 Å². The number of nitrogens with two attached hydrogens (primary N) is 1. The van der Waals surface area contributed by atoms with Gasteiger partial charge in [-0.05, 0) is 66.4 Å². The van der Waals surface area contributed by atoms with Gasteiger partial charge in [0.15, 0.2) is 0 Å². The first-order chi connectivity index (χ1) is 13.5.